The van der Waals surface area contributed by atoms with Gasteiger partial charge in [0.05, 0.1) is 28.9 Å². The van der Waals surface area contributed by atoms with Crippen molar-refractivity contribution in [3.63, 3.8) is 0 Å². The molecule has 0 spiro atoms. The largest absolute Gasteiger partial charge is 0.390 e. The van der Waals surface area contributed by atoms with Gasteiger partial charge in [0.2, 0.25) is 0 Å². The third-order valence-corrected chi connectivity index (χ3v) is 7.20. The Labute approximate surface area is 228 Å². The minimum absolute atomic E-state index is 0.345. The van der Waals surface area contributed by atoms with Crippen molar-refractivity contribution in [1.29, 1.82) is 0 Å². The number of hydrogen-bond acceptors (Lipinski definition) is 9. The summed E-state index contributed by atoms with van der Waals surface area (Å²) >= 11 is 0. The Morgan fingerprint density at radius 1 is 0.579 bits per heavy atom. The van der Waals surface area contributed by atoms with Crippen LogP contribution in [-0.4, -0.2) is 96.4 Å². The van der Waals surface area contributed by atoms with E-state index in [1.807, 2.05) is 0 Å². The number of fused-ring (bicyclic) bond motifs is 4. The van der Waals surface area contributed by atoms with Gasteiger partial charge in [-0.05, 0) is 102 Å². The van der Waals surface area contributed by atoms with E-state index in [1.165, 1.54) is 0 Å². The van der Waals surface area contributed by atoms with E-state index >= 15 is 0 Å². The Kier molecular flexibility index (Phi) is 12.9. The van der Waals surface area contributed by atoms with Crippen LogP contribution in [0.1, 0.15) is 48.5 Å². The summed E-state index contributed by atoms with van der Waals surface area (Å²) in [5.74, 6) is 0. The predicted molar refractivity (Wildman–Crippen MR) is 153 cm³/mol. The zero-order valence-corrected chi connectivity index (χ0v) is 23.0. The van der Waals surface area contributed by atoms with Crippen molar-refractivity contribution < 1.29 is 5.11 Å². The number of hydrogen-bond donors (Lipinski definition) is 5. The van der Waals surface area contributed by atoms with Gasteiger partial charge in [-0.3, -0.25) is 9.97 Å². The van der Waals surface area contributed by atoms with Crippen molar-refractivity contribution in [2.75, 3.05) is 65.4 Å². The summed E-state index contributed by atoms with van der Waals surface area (Å²) in [6, 6.07) is 12.6. The lowest BCUT2D eigenvalue weighted by Crippen LogP contribution is -2.43. The van der Waals surface area contributed by atoms with Crippen LogP contribution in [0.5, 0.6) is 0 Å². The first-order valence-electron chi connectivity index (χ1n) is 14.6. The highest BCUT2D eigenvalue weighted by Crippen LogP contribution is 2.05. The first kappa shape index (κ1) is 29.0. The number of pyridine rings is 2. The Bertz CT molecular complexity index is 797. The predicted octanol–water partition coefficient (Wildman–Crippen LogP) is 1.09. The molecule has 2 aromatic heterocycles. The smallest absolute Gasteiger partial charge is 0.0793 e. The monoisotopic (exact) mass is 524 g/mol. The Hall–Kier alpha value is -1.98. The zero-order chi connectivity index (χ0) is 26.3. The molecule has 4 heterocycles. The van der Waals surface area contributed by atoms with Gasteiger partial charge in [-0.1, -0.05) is 12.1 Å². The van der Waals surface area contributed by atoms with Crippen LogP contribution in [0, 0.1) is 0 Å². The molecule has 0 saturated carbocycles. The van der Waals surface area contributed by atoms with Crippen LogP contribution in [0.25, 0.3) is 0 Å². The van der Waals surface area contributed by atoms with Gasteiger partial charge in [0.1, 0.15) is 0 Å². The number of aliphatic hydroxyl groups is 1. The van der Waals surface area contributed by atoms with E-state index in [0.29, 0.717) is 0 Å². The Balaban J connectivity index is 1.22. The molecular formula is C29H48N8O. The fourth-order valence-electron chi connectivity index (χ4n) is 5.27. The van der Waals surface area contributed by atoms with Gasteiger partial charge in [0.15, 0.2) is 0 Å². The maximum Gasteiger partial charge on any atom is 0.0793 e. The first-order chi connectivity index (χ1) is 18.7. The van der Waals surface area contributed by atoms with Gasteiger partial charge in [0.25, 0.3) is 0 Å². The van der Waals surface area contributed by atoms with Crippen LogP contribution in [0.2, 0.25) is 0 Å². The number of nitrogens with one attached hydrogen (secondary N) is 4. The highest BCUT2D eigenvalue weighted by Gasteiger charge is 2.16. The molecule has 2 aliphatic heterocycles. The number of β-amino-alcohol motifs (C(OH)–C–C–N with tert-alkyl or cyclic N) is 1. The van der Waals surface area contributed by atoms with E-state index in [0.717, 1.165) is 140 Å². The molecule has 38 heavy (non-hydrogen) atoms. The lowest BCUT2D eigenvalue weighted by atomic mass is 10.2. The van der Waals surface area contributed by atoms with Crippen LogP contribution in [0.4, 0.5) is 0 Å². The van der Waals surface area contributed by atoms with Crippen molar-refractivity contribution >= 4 is 0 Å². The number of aliphatic hydroxyl groups excluding tert-OH is 1. The molecule has 4 rings (SSSR count). The molecule has 9 nitrogen and oxygen atoms in total. The molecule has 0 aromatic carbocycles. The standard InChI is InChI=1S/C29H48N8O/c38-29(23-36-15-3-11-30-19-25-7-1-8-26(34-25)20-31-12-4-16-36)24-37-17-5-13-32-21-27-9-2-10-28(35-27)22-33-14-6-18-37/h1-2,7-10,29-33,38H,3-6,11-24H2. The van der Waals surface area contributed by atoms with Crippen molar-refractivity contribution in [1.82, 2.24) is 41.0 Å². The summed E-state index contributed by atoms with van der Waals surface area (Å²) in [5.41, 5.74) is 4.40. The molecular weight excluding hydrogens is 476 g/mol. The van der Waals surface area contributed by atoms with Gasteiger partial charge >= 0.3 is 0 Å². The van der Waals surface area contributed by atoms with Crippen molar-refractivity contribution in [2.45, 2.75) is 58.0 Å². The van der Waals surface area contributed by atoms with Crippen LogP contribution in [0.3, 0.4) is 0 Å². The van der Waals surface area contributed by atoms with E-state index < -0.39 is 0 Å². The summed E-state index contributed by atoms with van der Waals surface area (Å²) in [5, 5.41) is 25.2. The SMILES string of the molecule is OC(CN1CCCNCc2cccc(n2)CNCCC1)CN1CCCNCc2cccc(n2)CNCCC1. The maximum absolute atomic E-state index is 11.1. The number of nitrogens with zero attached hydrogens (tertiary/aromatic N) is 4. The molecule has 0 saturated heterocycles. The molecule has 0 unspecified atom stereocenters. The number of aromatic nitrogens is 2. The lowest BCUT2D eigenvalue weighted by Gasteiger charge is -2.30. The summed E-state index contributed by atoms with van der Waals surface area (Å²) < 4.78 is 0. The second-order valence-electron chi connectivity index (χ2n) is 10.6. The third kappa shape index (κ3) is 11.0. The average Bonchev–Trinajstić information content (AvgIpc) is 2.91. The molecule has 4 bridgehead atoms. The molecule has 0 radical (unpaired) electrons. The van der Waals surface area contributed by atoms with Crippen LogP contribution < -0.4 is 21.3 Å². The van der Waals surface area contributed by atoms with E-state index in [2.05, 4.69) is 67.5 Å². The first-order valence-corrected chi connectivity index (χ1v) is 14.6. The third-order valence-electron chi connectivity index (χ3n) is 7.20. The van der Waals surface area contributed by atoms with Gasteiger partial charge in [-0.25, -0.2) is 0 Å². The Morgan fingerprint density at radius 2 is 0.895 bits per heavy atom. The second-order valence-corrected chi connectivity index (χ2v) is 10.6. The minimum atomic E-state index is -0.345. The fraction of sp³-hybridized carbons (Fsp3) is 0.655. The van der Waals surface area contributed by atoms with Crippen LogP contribution in [0.15, 0.2) is 36.4 Å². The summed E-state index contributed by atoms with van der Waals surface area (Å²) in [6.07, 6.45) is 3.92. The summed E-state index contributed by atoms with van der Waals surface area (Å²) in [6.45, 7) is 12.5. The van der Waals surface area contributed by atoms with Crippen molar-refractivity contribution in [2.24, 2.45) is 0 Å². The molecule has 0 amide bonds. The molecule has 2 aromatic rings. The highest BCUT2D eigenvalue weighted by atomic mass is 16.3. The normalized spacial score (nSPS) is 20.5. The van der Waals surface area contributed by atoms with Gasteiger partial charge in [-0.15, -0.1) is 0 Å². The summed E-state index contributed by atoms with van der Waals surface area (Å²) in [4.78, 5) is 14.4. The highest BCUT2D eigenvalue weighted by molar-refractivity contribution is 5.12. The lowest BCUT2D eigenvalue weighted by molar-refractivity contribution is 0.0717. The maximum atomic E-state index is 11.1. The molecule has 2 aliphatic rings. The molecule has 9 heteroatoms. The van der Waals surface area contributed by atoms with Crippen molar-refractivity contribution in [3.05, 3.63) is 59.2 Å². The van der Waals surface area contributed by atoms with E-state index in [9.17, 15) is 5.11 Å². The van der Waals surface area contributed by atoms with Gasteiger partial charge in [-0.2, -0.15) is 0 Å². The van der Waals surface area contributed by atoms with Crippen LogP contribution >= 0.6 is 0 Å². The minimum Gasteiger partial charge on any atom is -0.390 e. The van der Waals surface area contributed by atoms with Crippen LogP contribution in [-0.2, 0) is 26.2 Å². The quantitative estimate of drug-likeness (QED) is 0.402. The van der Waals surface area contributed by atoms with Gasteiger partial charge < -0.3 is 36.2 Å². The second kappa shape index (κ2) is 16.9. The molecule has 0 aliphatic carbocycles. The topological polar surface area (TPSA) is 101 Å². The molecule has 0 atom stereocenters. The van der Waals surface area contributed by atoms with E-state index in [1.54, 1.807) is 0 Å². The molecule has 5 N–H and O–H groups in total. The zero-order valence-electron chi connectivity index (χ0n) is 23.0. The Morgan fingerprint density at radius 3 is 1.21 bits per heavy atom. The molecule has 210 valence electrons. The van der Waals surface area contributed by atoms with Crippen molar-refractivity contribution in [3.8, 4) is 0 Å². The average molecular weight is 525 g/mol. The van der Waals surface area contributed by atoms with E-state index in [-0.39, 0.29) is 6.10 Å². The molecule has 0 fully saturated rings. The summed E-state index contributed by atoms with van der Waals surface area (Å²) in [7, 11) is 0. The number of rotatable bonds is 4. The van der Waals surface area contributed by atoms with E-state index in [4.69, 9.17) is 9.97 Å². The fourth-order valence-corrected chi connectivity index (χ4v) is 5.27. The van der Waals surface area contributed by atoms with Gasteiger partial charge in [0, 0.05) is 39.3 Å².